The van der Waals surface area contributed by atoms with Crippen LogP contribution in [0.2, 0.25) is 0 Å². The molecule has 0 aliphatic rings. The topological polar surface area (TPSA) is 81.6 Å². The van der Waals surface area contributed by atoms with Gasteiger partial charge in [0, 0.05) is 13.1 Å². The maximum Gasteiger partial charge on any atom is 0.250 e. The third kappa shape index (κ3) is 16.1. The SMILES string of the molecule is CC.CC.CNCC(O)C(=O)NCCO. The van der Waals surface area contributed by atoms with Crippen molar-refractivity contribution in [3.05, 3.63) is 0 Å². The lowest BCUT2D eigenvalue weighted by atomic mass is 10.3. The predicted molar refractivity (Wildman–Crippen MR) is 62.7 cm³/mol. The number of carbonyl (C=O) groups excluding carboxylic acids is 1. The molecule has 0 saturated carbocycles. The van der Waals surface area contributed by atoms with E-state index in [0.29, 0.717) is 0 Å². The Kier molecular flexibility index (Phi) is 25.2. The standard InChI is InChI=1S/C6H14N2O3.2C2H6/c1-7-4-5(10)6(11)8-2-3-9;2*1-2/h5,7,9-10H,2-4H2,1H3,(H,8,11);2*1-2H3. The molecule has 0 aromatic heterocycles. The molecule has 0 aromatic rings. The van der Waals surface area contributed by atoms with Crippen molar-refractivity contribution >= 4 is 5.91 Å². The van der Waals surface area contributed by atoms with Crippen molar-refractivity contribution in [1.82, 2.24) is 10.6 Å². The molecule has 0 fully saturated rings. The van der Waals surface area contributed by atoms with Gasteiger partial charge in [0.15, 0.2) is 0 Å². The van der Waals surface area contributed by atoms with Gasteiger partial charge in [0.2, 0.25) is 5.91 Å². The van der Waals surface area contributed by atoms with Gasteiger partial charge in [0.25, 0.3) is 0 Å². The number of hydrogen-bond acceptors (Lipinski definition) is 4. The summed E-state index contributed by atoms with van der Waals surface area (Å²) in [6.07, 6.45) is -1.04. The zero-order valence-corrected chi connectivity index (χ0v) is 10.5. The molecule has 0 aliphatic carbocycles. The highest BCUT2D eigenvalue weighted by atomic mass is 16.3. The van der Waals surface area contributed by atoms with Gasteiger partial charge in [0.05, 0.1) is 6.61 Å². The molecule has 0 saturated heterocycles. The molecule has 0 radical (unpaired) electrons. The fraction of sp³-hybridized carbons (Fsp3) is 0.900. The summed E-state index contributed by atoms with van der Waals surface area (Å²) in [5.41, 5.74) is 0. The number of carbonyl (C=O) groups is 1. The zero-order chi connectivity index (χ0) is 12.7. The first-order valence-corrected chi connectivity index (χ1v) is 5.43. The van der Waals surface area contributed by atoms with E-state index in [9.17, 15) is 4.79 Å². The number of hydrogen-bond donors (Lipinski definition) is 4. The van der Waals surface area contributed by atoms with E-state index in [1.54, 1.807) is 7.05 Å². The highest BCUT2D eigenvalue weighted by Gasteiger charge is 2.11. The van der Waals surface area contributed by atoms with Crippen molar-refractivity contribution in [2.24, 2.45) is 0 Å². The van der Waals surface area contributed by atoms with Crippen molar-refractivity contribution in [2.45, 2.75) is 33.8 Å². The Hall–Kier alpha value is -0.650. The Morgan fingerprint density at radius 1 is 1.27 bits per heavy atom. The average Bonchev–Trinajstić information content (AvgIpc) is 2.31. The van der Waals surface area contributed by atoms with Crippen LogP contribution in [-0.2, 0) is 4.79 Å². The van der Waals surface area contributed by atoms with E-state index >= 15 is 0 Å². The second kappa shape index (κ2) is 19.0. The summed E-state index contributed by atoms with van der Waals surface area (Å²) in [6, 6.07) is 0. The van der Waals surface area contributed by atoms with Crippen molar-refractivity contribution in [3.63, 3.8) is 0 Å². The molecule has 0 rings (SSSR count). The van der Waals surface area contributed by atoms with E-state index in [4.69, 9.17) is 10.2 Å². The Morgan fingerprint density at radius 2 is 1.73 bits per heavy atom. The summed E-state index contributed by atoms with van der Waals surface area (Å²) >= 11 is 0. The molecular weight excluding hydrogens is 196 g/mol. The van der Waals surface area contributed by atoms with E-state index in [2.05, 4.69) is 10.6 Å². The van der Waals surface area contributed by atoms with Crippen LogP contribution in [0.5, 0.6) is 0 Å². The highest BCUT2D eigenvalue weighted by molar-refractivity contribution is 5.80. The van der Waals surface area contributed by atoms with Crippen LogP contribution in [0.25, 0.3) is 0 Å². The average molecular weight is 222 g/mol. The third-order valence-corrected chi connectivity index (χ3v) is 1.11. The van der Waals surface area contributed by atoms with Crippen LogP contribution in [0.1, 0.15) is 27.7 Å². The normalized spacial score (nSPS) is 10.1. The molecule has 1 unspecified atom stereocenters. The molecule has 5 nitrogen and oxygen atoms in total. The fourth-order valence-corrected chi connectivity index (χ4v) is 0.583. The van der Waals surface area contributed by atoms with Gasteiger partial charge in [-0.1, -0.05) is 27.7 Å². The van der Waals surface area contributed by atoms with Gasteiger partial charge >= 0.3 is 0 Å². The minimum Gasteiger partial charge on any atom is -0.395 e. The monoisotopic (exact) mass is 222 g/mol. The van der Waals surface area contributed by atoms with Gasteiger partial charge in [-0.3, -0.25) is 4.79 Å². The van der Waals surface area contributed by atoms with Crippen molar-refractivity contribution < 1.29 is 15.0 Å². The summed E-state index contributed by atoms with van der Waals surface area (Å²) in [5.74, 6) is -0.464. The summed E-state index contributed by atoms with van der Waals surface area (Å²) in [6.45, 7) is 8.29. The summed E-state index contributed by atoms with van der Waals surface area (Å²) in [7, 11) is 1.64. The fourth-order valence-electron chi connectivity index (χ4n) is 0.583. The Morgan fingerprint density at radius 3 is 2.07 bits per heavy atom. The predicted octanol–water partition coefficient (Wildman–Crippen LogP) is -0.272. The van der Waals surface area contributed by atoms with Crippen LogP contribution >= 0.6 is 0 Å². The van der Waals surface area contributed by atoms with Crippen LogP contribution in [-0.4, -0.2) is 49.0 Å². The summed E-state index contributed by atoms with van der Waals surface area (Å²) in [5, 5.41) is 22.3. The number of aliphatic hydroxyl groups excluding tert-OH is 2. The molecule has 1 amide bonds. The molecule has 15 heavy (non-hydrogen) atoms. The Balaban J connectivity index is -0.000000318. The highest BCUT2D eigenvalue weighted by Crippen LogP contribution is 1.78. The molecule has 0 aromatic carbocycles. The van der Waals surface area contributed by atoms with E-state index in [1.165, 1.54) is 0 Å². The summed E-state index contributed by atoms with van der Waals surface area (Å²) in [4.78, 5) is 10.8. The molecular formula is C10H26N2O3. The van der Waals surface area contributed by atoms with Gasteiger partial charge in [-0.05, 0) is 7.05 Å². The smallest absolute Gasteiger partial charge is 0.250 e. The number of likely N-dealkylation sites (N-methyl/N-ethyl adjacent to an activating group) is 1. The third-order valence-electron chi connectivity index (χ3n) is 1.11. The summed E-state index contributed by atoms with van der Waals surface area (Å²) < 4.78 is 0. The molecule has 94 valence electrons. The van der Waals surface area contributed by atoms with E-state index in [1.807, 2.05) is 27.7 Å². The second-order valence-corrected chi connectivity index (χ2v) is 2.09. The molecule has 5 heteroatoms. The maximum atomic E-state index is 10.8. The van der Waals surface area contributed by atoms with E-state index in [0.717, 1.165) is 0 Å². The zero-order valence-electron chi connectivity index (χ0n) is 10.5. The first kappa shape index (κ1) is 19.9. The number of rotatable bonds is 5. The van der Waals surface area contributed by atoms with Crippen LogP contribution in [0.4, 0.5) is 0 Å². The van der Waals surface area contributed by atoms with Crippen LogP contribution in [0.3, 0.4) is 0 Å². The number of nitrogens with one attached hydrogen (secondary N) is 2. The van der Waals surface area contributed by atoms with E-state index in [-0.39, 0.29) is 19.7 Å². The molecule has 0 heterocycles. The lowest BCUT2D eigenvalue weighted by Gasteiger charge is -2.08. The minimum absolute atomic E-state index is 0.113. The lowest BCUT2D eigenvalue weighted by molar-refractivity contribution is -0.129. The second-order valence-electron chi connectivity index (χ2n) is 2.09. The quantitative estimate of drug-likeness (QED) is 0.516. The van der Waals surface area contributed by atoms with Gasteiger partial charge < -0.3 is 20.8 Å². The molecule has 0 spiro atoms. The minimum atomic E-state index is -1.04. The number of aliphatic hydroxyl groups is 2. The van der Waals surface area contributed by atoms with Gasteiger partial charge in [0.1, 0.15) is 6.10 Å². The maximum absolute atomic E-state index is 10.8. The van der Waals surface area contributed by atoms with Crippen LogP contribution in [0.15, 0.2) is 0 Å². The van der Waals surface area contributed by atoms with Gasteiger partial charge in [-0.2, -0.15) is 0 Å². The van der Waals surface area contributed by atoms with E-state index < -0.39 is 12.0 Å². The van der Waals surface area contributed by atoms with Crippen molar-refractivity contribution in [3.8, 4) is 0 Å². The van der Waals surface area contributed by atoms with Gasteiger partial charge in [-0.15, -0.1) is 0 Å². The Bertz CT molecular complexity index is 121. The van der Waals surface area contributed by atoms with Crippen LogP contribution < -0.4 is 10.6 Å². The number of amides is 1. The first-order valence-electron chi connectivity index (χ1n) is 5.43. The Labute approximate surface area is 92.9 Å². The van der Waals surface area contributed by atoms with Crippen LogP contribution in [0, 0.1) is 0 Å². The molecule has 0 bridgehead atoms. The van der Waals surface area contributed by atoms with Crippen molar-refractivity contribution in [1.29, 1.82) is 0 Å². The largest absolute Gasteiger partial charge is 0.395 e. The molecule has 4 N–H and O–H groups in total. The molecule has 1 atom stereocenters. The lowest BCUT2D eigenvalue weighted by Crippen LogP contribution is -2.41. The van der Waals surface area contributed by atoms with Crippen molar-refractivity contribution in [2.75, 3.05) is 26.7 Å². The first-order chi connectivity index (χ1) is 7.22. The van der Waals surface area contributed by atoms with Gasteiger partial charge in [-0.25, -0.2) is 0 Å². The molecule has 0 aliphatic heterocycles.